The predicted molar refractivity (Wildman–Crippen MR) is 71.3 cm³/mol. The monoisotopic (exact) mass is 261 g/mol. The van der Waals surface area contributed by atoms with Gasteiger partial charge in [-0.2, -0.15) is 4.98 Å². The summed E-state index contributed by atoms with van der Waals surface area (Å²) in [4.78, 5) is 4.49. The first kappa shape index (κ1) is 11.9. The molecule has 0 saturated heterocycles. The highest BCUT2D eigenvalue weighted by Gasteiger charge is 2.48. The molecular weight excluding hydrogens is 238 g/mol. The number of hydrogen-bond acceptors (Lipinski definition) is 4. The summed E-state index contributed by atoms with van der Waals surface area (Å²) in [6, 6.07) is 0. The topological polar surface area (TPSA) is 64.9 Å². The Hall–Kier alpha value is -0.900. The predicted octanol–water partition coefficient (Wildman–Crippen LogP) is 2.19. The molecule has 4 heteroatoms. The van der Waals surface area contributed by atoms with E-state index in [1.165, 1.54) is 32.1 Å². The third kappa shape index (κ3) is 2.10. The second-order valence-corrected chi connectivity index (χ2v) is 6.94. The molecular formula is C15H23N3O. The molecule has 4 bridgehead atoms. The van der Waals surface area contributed by atoms with Crippen LogP contribution in [-0.4, -0.2) is 16.7 Å². The summed E-state index contributed by atoms with van der Waals surface area (Å²) in [5.41, 5.74) is 5.53. The van der Waals surface area contributed by atoms with Crippen LogP contribution in [0.5, 0.6) is 0 Å². The van der Waals surface area contributed by atoms with Gasteiger partial charge in [0, 0.05) is 12.8 Å². The van der Waals surface area contributed by atoms with E-state index in [2.05, 4.69) is 10.1 Å². The van der Waals surface area contributed by atoms with Gasteiger partial charge in [0.25, 0.3) is 0 Å². The van der Waals surface area contributed by atoms with E-state index in [1.54, 1.807) is 0 Å². The number of nitrogens with zero attached hydrogens (tertiary/aromatic N) is 2. The molecule has 0 unspecified atom stereocenters. The molecule has 1 aromatic heterocycles. The summed E-state index contributed by atoms with van der Waals surface area (Å²) in [7, 11) is 0. The number of rotatable bonds is 4. The third-order valence-electron chi connectivity index (χ3n) is 5.71. The minimum absolute atomic E-state index is 0.594. The van der Waals surface area contributed by atoms with Gasteiger partial charge in [0.1, 0.15) is 0 Å². The lowest BCUT2D eigenvalue weighted by atomic mass is 9.51. The molecule has 4 aliphatic rings. The second-order valence-electron chi connectivity index (χ2n) is 6.94. The van der Waals surface area contributed by atoms with Gasteiger partial charge in [-0.15, -0.1) is 0 Å². The maximum atomic E-state index is 5.53. The zero-order valence-corrected chi connectivity index (χ0v) is 11.4. The maximum absolute atomic E-state index is 5.53. The van der Waals surface area contributed by atoms with Crippen molar-refractivity contribution in [1.82, 2.24) is 10.1 Å². The van der Waals surface area contributed by atoms with E-state index in [0.29, 0.717) is 6.54 Å². The van der Waals surface area contributed by atoms with Gasteiger partial charge in [-0.05, 0) is 68.2 Å². The highest BCUT2D eigenvalue weighted by atomic mass is 16.5. The fraction of sp³-hybridized carbons (Fsp3) is 0.867. The smallest absolute Gasteiger partial charge is 0.226 e. The summed E-state index contributed by atoms with van der Waals surface area (Å²) in [5.74, 6) is 6.37. The zero-order valence-electron chi connectivity index (χ0n) is 11.4. The third-order valence-corrected chi connectivity index (χ3v) is 5.71. The summed E-state index contributed by atoms with van der Waals surface area (Å²) in [6.07, 6.45) is 9.09. The van der Waals surface area contributed by atoms with E-state index < -0.39 is 0 Å². The second kappa shape index (κ2) is 4.58. The Morgan fingerprint density at radius 3 is 2.37 bits per heavy atom. The molecule has 4 nitrogen and oxygen atoms in total. The van der Waals surface area contributed by atoms with Gasteiger partial charge in [-0.1, -0.05) is 5.16 Å². The van der Waals surface area contributed by atoms with Gasteiger partial charge >= 0.3 is 0 Å². The molecule has 0 radical (unpaired) electrons. The number of hydrogen-bond donors (Lipinski definition) is 1. The minimum atomic E-state index is 0.594. The van der Waals surface area contributed by atoms with Crippen LogP contribution in [0.4, 0.5) is 0 Å². The van der Waals surface area contributed by atoms with Crippen molar-refractivity contribution in [3.63, 3.8) is 0 Å². The lowest BCUT2D eigenvalue weighted by Gasteiger charge is -2.54. The molecule has 0 atom stereocenters. The lowest BCUT2D eigenvalue weighted by molar-refractivity contribution is -0.0385. The first-order valence-corrected chi connectivity index (χ1v) is 7.83. The SMILES string of the molecule is NCCc1noc(CC2C3CC4CC(C3)CC2C4)n1. The van der Waals surface area contributed by atoms with Crippen LogP contribution in [-0.2, 0) is 12.8 Å². The van der Waals surface area contributed by atoms with Crippen LogP contribution in [0.3, 0.4) is 0 Å². The Morgan fingerprint density at radius 1 is 1.05 bits per heavy atom. The van der Waals surface area contributed by atoms with Gasteiger partial charge in [0.15, 0.2) is 5.82 Å². The van der Waals surface area contributed by atoms with Gasteiger partial charge in [-0.3, -0.25) is 0 Å². The summed E-state index contributed by atoms with van der Waals surface area (Å²) >= 11 is 0. The molecule has 5 rings (SSSR count). The molecule has 2 N–H and O–H groups in total. The van der Waals surface area contributed by atoms with Gasteiger partial charge in [0.05, 0.1) is 0 Å². The standard InChI is InChI=1S/C15H23N3O/c16-2-1-14-17-15(19-18-14)8-13-11-4-9-3-10(6-11)7-12(13)5-9/h9-13H,1-8,16H2. The molecule has 0 spiro atoms. The summed E-state index contributed by atoms with van der Waals surface area (Å²) in [5, 5.41) is 4.02. The number of aromatic nitrogens is 2. The Bertz CT molecular complexity index is 428. The molecule has 4 fully saturated rings. The molecule has 1 aromatic rings. The van der Waals surface area contributed by atoms with Crippen molar-refractivity contribution in [2.24, 2.45) is 35.3 Å². The highest BCUT2D eigenvalue weighted by Crippen LogP contribution is 2.57. The lowest BCUT2D eigenvalue weighted by Crippen LogP contribution is -2.45. The van der Waals surface area contributed by atoms with Crippen molar-refractivity contribution >= 4 is 0 Å². The minimum Gasteiger partial charge on any atom is -0.339 e. The summed E-state index contributed by atoms with van der Waals surface area (Å²) < 4.78 is 5.41. The van der Waals surface area contributed by atoms with Crippen molar-refractivity contribution in [2.75, 3.05) is 6.54 Å². The largest absolute Gasteiger partial charge is 0.339 e. The van der Waals surface area contributed by atoms with Gasteiger partial charge < -0.3 is 10.3 Å². The molecule has 0 aliphatic heterocycles. The highest BCUT2D eigenvalue weighted by molar-refractivity contribution is 5.01. The van der Waals surface area contributed by atoms with E-state index in [9.17, 15) is 0 Å². The van der Waals surface area contributed by atoms with Crippen LogP contribution < -0.4 is 5.73 Å². The quantitative estimate of drug-likeness (QED) is 0.902. The van der Waals surface area contributed by atoms with Crippen molar-refractivity contribution in [3.05, 3.63) is 11.7 Å². The van der Waals surface area contributed by atoms with Crippen molar-refractivity contribution in [1.29, 1.82) is 0 Å². The molecule has 0 amide bonds. The van der Waals surface area contributed by atoms with E-state index in [0.717, 1.165) is 54.1 Å². The fourth-order valence-corrected chi connectivity index (χ4v) is 5.18. The van der Waals surface area contributed by atoms with E-state index in [4.69, 9.17) is 10.3 Å². The molecule has 4 saturated carbocycles. The van der Waals surface area contributed by atoms with E-state index in [-0.39, 0.29) is 0 Å². The maximum Gasteiger partial charge on any atom is 0.226 e. The van der Waals surface area contributed by atoms with E-state index in [1.807, 2.05) is 0 Å². The van der Waals surface area contributed by atoms with Crippen LogP contribution in [0.2, 0.25) is 0 Å². The molecule has 4 aliphatic carbocycles. The molecule has 0 aromatic carbocycles. The average molecular weight is 261 g/mol. The van der Waals surface area contributed by atoms with Crippen molar-refractivity contribution in [2.45, 2.75) is 44.9 Å². The molecule has 1 heterocycles. The first-order valence-electron chi connectivity index (χ1n) is 7.83. The van der Waals surface area contributed by atoms with Crippen LogP contribution in [0.1, 0.15) is 43.8 Å². The van der Waals surface area contributed by atoms with Crippen molar-refractivity contribution in [3.8, 4) is 0 Å². The van der Waals surface area contributed by atoms with Crippen LogP contribution in [0.15, 0.2) is 4.52 Å². The first-order chi connectivity index (χ1) is 9.31. The fourth-order valence-electron chi connectivity index (χ4n) is 5.18. The normalized spacial score (nSPS) is 39.9. The van der Waals surface area contributed by atoms with Crippen LogP contribution in [0, 0.1) is 29.6 Å². The Morgan fingerprint density at radius 2 is 1.74 bits per heavy atom. The Labute approximate surface area is 114 Å². The van der Waals surface area contributed by atoms with E-state index >= 15 is 0 Å². The van der Waals surface area contributed by atoms with Crippen LogP contribution in [0.25, 0.3) is 0 Å². The summed E-state index contributed by atoms with van der Waals surface area (Å²) in [6.45, 7) is 0.594. The zero-order chi connectivity index (χ0) is 12.8. The Kier molecular flexibility index (Phi) is 2.87. The van der Waals surface area contributed by atoms with Crippen molar-refractivity contribution < 1.29 is 4.52 Å². The van der Waals surface area contributed by atoms with Crippen LogP contribution >= 0.6 is 0 Å². The molecule has 104 valence electrons. The van der Waals surface area contributed by atoms with Gasteiger partial charge in [0.2, 0.25) is 5.89 Å². The average Bonchev–Trinajstić information content (AvgIpc) is 2.81. The van der Waals surface area contributed by atoms with Gasteiger partial charge in [-0.25, -0.2) is 0 Å². The number of nitrogens with two attached hydrogens (primary N) is 1. The molecule has 19 heavy (non-hydrogen) atoms. The Balaban J connectivity index is 1.47.